The highest BCUT2D eigenvalue weighted by Crippen LogP contribution is 2.18. The van der Waals surface area contributed by atoms with E-state index in [0.29, 0.717) is 12.0 Å². The minimum absolute atomic E-state index is 0.0576. The third kappa shape index (κ3) is 3.86. The van der Waals surface area contributed by atoms with Crippen LogP contribution in [0.2, 0.25) is 0 Å². The first kappa shape index (κ1) is 13.7. The molecule has 2 aromatic rings. The average Bonchev–Trinajstić information content (AvgIpc) is 2.43. The molecule has 0 fully saturated rings. The molecule has 1 nitrogen and oxygen atoms in total. The summed E-state index contributed by atoms with van der Waals surface area (Å²) in [5.41, 5.74) is 7.55. The van der Waals surface area contributed by atoms with Crippen molar-refractivity contribution >= 4 is 0 Å². The van der Waals surface area contributed by atoms with E-state index in [1.807, 2.05) is 30.3 Å². The van der Waals surface area contributed by atoms with Gasteiger partial charge in [-0.15, -0.1) is 0 Å². The van der Waals surface area contributed by atoms with E-state index in [9.17, 15) is 8.78 Å². The lowest BCUT2D eigenvalue weighted by molar-refractivity contribution is 0.564. The average molecular weight is 261 g/mol. The van der Waals surface area contributed by atoms with Gasteiger partial charge in [0.15, 0.2) is 0 Å². The fourth-order valence-electron chi connectivity index (χ4n) is 2.11. The zero-order chi connectivity index (χ0) is 13.7. The molecule has 0 bridgehead atoms. The fourth-order valence-corrected chi connectivity index (χ4v) is 2.11. The van der Waals surface area contributed by atoms with Crippen molar-refractivity contribution in [2.45, 2.75) is 25.3 Å². The highest BCUT2D eigenvalue weighted by Gasteiger charge is 2.07. The van der Waals surface area contributed by atoms with Gasteiger partial charge < -0.3 is 5.73 Å². The Balaban J connectivity index is 1.88. The molecule has 0 radical (unpaired) electrons. The third-order valence-corrected chi connectivity index (χ3v) is 3.20. The maximum atomic E-state index is 13.4. The van der Waals surface area contributed by atoms with E-state index in [4.69, 9.17) is 5.73 Å². The monoisotopic (exact) mass is 261 g/mol. The number of aryl methyl sites for hydroxylation is 1. The smallest absolute Gasteiger partial charge is 0.126 e. The first-order chi connectivity index (χ1) is 9.16. The van der Waals surface area contributed by atoms with Crippen molar-refractivity contribution in [2.75, 3.05) is 0 Å². The molecule has 2 N–H and O–H groups in total. The molecule has 0 aromatic heterocycles. The lowest BCUT2D eigenvalue weighted by atomic mass is 9.99. The van der Waals surface area contributed by atoms with Crippen LogP contribution in [0.15, 0.2) is 48.5 Å². The zero-order valence-electron chi connectivity index (χ0n) is 10.7. The van der Waals surface area contributed by atoms with Gasteiger partial charge in [0, 0.05) is 6.04 Å². The summed E-state index contributed by atoms with van der Waals surface area (Å²) < 4.78 is 26.4. The molecule has 0 saturated heterocycles. The summed E-state index contributed by atoms with van der Waals surface area (Å²) in [6, 6.07) is 13.3. The van der Waals surface area contributed by atoms with Gasteiger partial charge in [0.05, 0.1) is 0 Å². The minimum Gasteiger partial charge on any atom is -0.324 e. The summed E-state index contributed by atoms with van der Waals surface area (Å²) in [5.74, 6) is -0.751. The summed E-state index contributed by atoms with van der Waals surface area (Å²) in [7, 11) is 0. The van der Waals surface area contributed by atoms with Crippen LogP contribution in [0.25, 0.3) is 0 Å². The van der Waals surface area contributed by atoms with Gasteiger partial charge in [-0.1, -0.05) is 30.3 Å². The highest BCUT2D eigenvalue weighted by atomic mass is 19.1. The Kier molecular flexibility index (Phi) is 4.63. The Bertz CT molecular complexity index is 526. The molecule has 0 saturated carbocycles. The van der Waals surface area contributed by atoms with Crippen LogP contribution >= 0.6 is 0 Å². The van der Waals surface area contributed by atoms with Gasteiger partial charge in [-0.05, 0) is 48.6 Å². The van der Waals surface area contributed by atoms with E-state index < -0.39 is 5.82 Å². The van der Waals surface area contributed by atoms with Gasteiger partial charge in [0.25, 0.3) is 0 Å². The third-order valence-electron chi connectivity index (χ3n) is 3.20. The maximum absolute atomic E-state index is 13.4. The van der Waals surface area contributed by atoms with Gasteiger partial charge in [-0.3, -0.25) is 0 Å². The van der Waals surface area contributed by atoms with Gasteiger partial charge in [-0.25, -0.2) is 8.78 Å². The first-order valence-corrected chi connectivity index (χ1v) is 6.41. The van der Waals surface area contributed by atoms with Crippen LogP contribution in [0.1, 0.15) is 30.0 Å². The van der Waals surface area contributed by atoms with Crippen molar-refractivity contribution in [3.8, 4) is 0 Å². The minimum atomic E-state index is -0.399. The SMILES string of the molecule is NC(CCCc1cc(F)ccc1F)c1ccccc1. The van der Waals surface area contributed by atoms with Crippen molar-refractivity contribution in [1.29, 1.82) is 0 Å². The molecule has 0 aliphatic heterocycles. The molecule has 0 amide bonds. The number of hydrogen-bond donors (Lipinski definition) is 1. The maximum Gasteiger partial charge on any atom is 0.126 e. The Morgan fingerprint density at radius 1 is 1.00 bits per heavy atom. The van der Waals surface area contributed by atoms with Gasteiger partial charge >= 0.3 is 0 Å². The summed E-state index contributed by atoms with van der Waals surface area (Å²) in [5, 5.41) is 0. The standard InChI is InChI=1S/C16H17F2N/c17-14-9-10-15(18)13(11-14)7-4-8-16(19)12-5-2-1-3-6-12/h1-3,5-6,9-11,16H,4,7-8,19H2. The number of rotatable bonds is 5. The molecule has 0 aliphatic rings. The number of halogens is 2. The second-order valence-corrected chi connectivity index (χ2v) is 4.65. The molecule has 100 valence electrons. The normalized spacial score (nSPS) is 12.4. The molecule has 2 rings (SSSR count). The highest BCUT2D eigenvalue weighted by molar-refractivity contribution is 5.20. The first-order valence-electron chi connectivity index (χ1n) is 6.41. The largest absolute Gasteiger partial charge is 0.324 e. The van der Waals surface area contributed by atoms with Crippen molar-refractivity contribution in [1.82, 2.24) is 0 Å². The molecule has 2 aromatic carbocycles. The van der Waals surface area contributed by atoms with E-state index in [1.165, 1.54) is 12.1 Å². The number of hydrogen-bond acceptors (Lipinski definition) is 1. The summed E-state index contributed by atoms with van der Waals surface area (Å²) >= 11 is 0. The Labute approximate surface area is 112 Å². The summed E-state index contributed by atoms with van der Waals surface area (Å²) in [6.07, 6.45) is 1.99. The molecule has 0 spiro atoms. The van der Waals surface area contributed by atoms with E-state index in [1.54, 1.807) is 0 Å². The van der Waals surface area contributed by atoms with Crippen LogP contribution < -0.4 is 5.73 Å². The Morgan fingerprint density at radius 2 is 1.74 bits per heavy atom. The fraction of sp³-hybridized carbons (Fsp3) is 0.250. The number of nitrogens with two attached hydrogens (primary N) is 1. The van der Waals surface area contributed by atoms with Crippen molar-refractivity contribution < 1.29 is 8.78 Å². The number of benzene rings is 2. The van der Waals surface area contributed by atoms with E-state index in [0.717, 1.165) is 24.5 Å². The lowest BCUT2D eigenvalue weighted by Gasteiger charge is -2.12. The van der Waals surface area contributed by atoms with Crippen LogP contribution in [0.4, 0.5) is 8.78 Å². The molecule has 19 heavy (non-hydrogen) atoms. The van der Waals surface area contributed by atoms with E-state index in [-0.39, 0.29) is 11.9 Å². The van der Waals surface area contributed by atoms with Crippen molar-refractivity contribution in [2.24, 2.45) is 5.73 Å². The van der Waals surface area contributed by atoms with Crippen LogP contribution in [-0.2, 0) is 6.42 Å². The van der Waals surface area contributed by atoms with Crippen molar-refractivity contribution in [3.05, 3.63) is 71.3 Å². The molecule has 0 heterocycles. The van der Waals surface area contributed by atoms with Gasteiger partial charge in [0.2, 0.25) is 0 Å². The summed E-state index contributed by atoms with van der Waals surface area (Å²) in [6.45, 7) is 0. The van der Waals surface area contributed by atoms with Crippen molar-refractivity contribution in [3.63, 3.8) is 0 Å². The topological polar surface area (TPSA) is 26.0 Å². The van der Waals surface area contributed by atoms with E-state index in [2.05, 4.69) is 0 Å². The molecule has 3 heteroatoms. The van der Waals surface area contributed by atoms with Crippen LogP contribution in [-0.4, -0.2) is 0 Å². The van der Waals surface area contributed by atoms with Crippen LogP contribution in [0, 0.1) is 11.6 Å². The van der Waals surface area contributed by atoms with Crippen LogP contribution in [0.3, 0.4) is 0 Å². The van der Waals surface area contributed by atoms with Gasteiger partial charge in [-0.2, -0.15) is 0 Å². The Hall–Kier alpha value is -1.74. The summed E-state index contributed by atoms with van der Waals surface area (Å²) in [4.78, 5) is 0. The molecule has 1 unspecified atom stereocenters. The predicted molar refractivity (Wildman–Crippen MR) is 72.7 cm³/mol. The zero-order valence-corrected chi connectivity index (χ0v) is 10.7. The molecular formula is C16H17F2N. The quantitative estimate of drug-likeness (QED) is 0.865. The van der Waals surface area contributed by atoms with E-state index >= 15 is 0 Å². The molecule has 0 aliphatic carbocycles. The molecule has 1 atom stereocenters. The predicted octanol–water partition coefficient (Wildman–Crippen LogP) is 3.99. The Morgan fingerprint density at radius 3 is 2.47 bits per heavy atom. The second-order valence-electron chi connectivity index (χ2n) is 4.65. The second kappa shape index (κ2) is 6.43. The molecular weight excluding hydrogens is 244 g/mol. The van der Waals surface area contributed by atoms with Gasteiger partial charge in [0.1, 0.15) is 11.6 Å². The van der Waals surface area contributed by atoms with Crippen LogP contribution in [0.5, 0.6) is 0 Å². The lowest BCUT2D eigenvalue weighted by Crippen LogP contribution is -2.10.